The van der Waals surface area contributed by atoms with E-state index < -0.39 is 36.1 Å². The summed E-state index contributed by atoms with van der Waals surface area (Å²) in [6.07, 6.45) is -7.51. The highest BCUT2D eigenvalue weighted by Gasteiger charge is 2.47. The quantitative estimate of drug-likeness (QED) is 0.534. The maximum absolute atomic E-state index is 12.7. The predicted molar refractivity (Wildman–Crippen MR) is 66.0 cm³/mol. The Morgan fingerprint density at radius 1 is 1.21 bits per heavy atom. The summed E-state index contributed by atoms with van der Waals surface area (Å²) >= 11 is 0. The first-order valence-electron chi connectivity index (χ1n) is 6.05. The van der Waals surface area contributed by atoms with Gasteiger partial charge in [-0.1, -0.05) is 0 Å². The Hall–Kier alpha value is -0.410. The SMILES string of the molecule is CCOC(O)C(C(N)NC(C)(C)C)C(N)C(F)(F)F. The first-order valence-corrected chi connectivity index (χ1v) is 6.05. The molecule has 0 aliphatic rings. The van der Waals surface area contributed by atoms with Crippen molar-refractivity contribution in [3.63, 3.8) is 0 Å². The summed E-state index contributed by atoms with van der Waals surface area (Å²) < 4.78 is 43.0. The smallest absolute Gasteiger partial charge is 0.368 e. The van der Waals surface area contributed by atoms with Gasteiger partial charge in [0.25, 0.3) is 0 Å². The minimum atomic E-state index is -4.67. The van der Waals surface area contributed by atoms with Crippen LogP contribution in [0.5, 0.6) is 0 Å². The van der Waals surface area contributed by atoms with Crippen LogP contribution >= 0.6 is 0 Å². The van der Waals surface area contributed by atoms with Crippen molar-refractivity contribution in [2.24, 2.45) is 17.4 Å². The van der Waals surface area contributed by atoms with Gasteiger partial charge in [0.05, 0.1) is 12.1 Å². The monoisotopic (exact) mass is 287 g/mol. The molecule has 5 nitrogen and oxygen atoms in total. The second-order valence-electron chi connectivity index (χ2n) is 5.41. The number of hydrogen-bond donors (Lipinski definition) is 4. The normalized spacial score (nSPS) is 19.9. The third-order valence-electron chi connectivity index (χ3n) is 2.47. The molecular formula is C11H24F3N3O2. The summed E-state index contributed by atoms with van der Waals surface area (Å²) in [5, 5.41) is 12.5. The molecule has 116 valence electrons. The van der Waals surface area contributed by atoms with Crippen LogP contribution < -0.4 is 16.8 Å². The topological polar surface area (TPSA) is 93.5 Å². The maximum Gasteiger partial charge on any atom is 0.404 e. The fourth-order valence-electron chi connectivity index (χ4n) is 1.67. The fourth-order valence-corrected chi connectivity index (χ4v) is 1.67. The number of rotatable bonds is 6. The van der Waals surface area contributed by atoms with Gasteiger partial charge in [-0.25, -0.2) is 0 Å². The highest BCUT2D eigenvalue weighted by molar-refractivity contribution is 4.90. The second-order valence-corrected chi connectivity index (χ2v) is 5.41. The van der Waals surface area contributed by atoms with Crippen LogP contribution in [-0.4, -0.2) is 41.9 Å². The number of alkyl halides is 3. The van der Waals surface area contributed by atoms with Crippen LogP contribution in [0.3, 0.4) is 0 Å². The highest BCUT2D eigenvalue weighted by Crippen LogP contribution is 2.28. The molecule has 0 spiro atoms. The van der Waals surface area contributed by atoms with Crippen molar-refractivity contribution in [1.82, 2.24) is 5.32 Å². The van der Waals surface area contributed by atoms with Crippen LogP contribution in [0.2, 0.25) is 0 Å². The number of nitrogens with two attached hydrogens (primary N) is 2. The summed E-state index contributed by atoms with van der Waals surface area (Å²) in [4.78, 5) is 0. The Kier molecular flexibility index (Phi) is 6.70. The lowest BCUT2D eigenvalue weighted by atomic mass is 9.94. The summed E-state index contributed by atoms with van der Waals surface area (Å²) in [5.41, 5.74) is 10.3. The average Bonchev–Trinajstić information content (AvgIpc) is 2.13. The molecule has 4 atom stereocenters. The molecule has 0 rings (SSSR count). The molecule has 0 aliphatic heterocycles. The summed E-state index contributed by atoms with van der Waals surface area (Å²) in [5.74, 6) is -1.50. The molecular weight excluding hydrogens is 263 g/mol. The van der Waals surface area contributed by atoms with Crippen molar-refractivity contribution >= 4 is 0 Å². The third kappa shape index (κ3) is 6.53. The van der Waals surface area contributed by atoms with Gasteiger partial charge in [0.15, 0.2) is 6.29 Å². The van der Waals surface area contributed by atoms with Crippen LogP contribution in [-0.2, 0) is 4.74 Å². The zero-order chi connectivity index (χ0) is 15.4. The van der Waals surface area contributed by atoms with Crippen molar-refractivity contribution in [2.75, 3.05) is 6.61 Å². The van der Waals surface area contributed by atoms with Crippen molar-refractivity contribution in [3.05, 3.63) is 0 Å². The molecule has 0 saturated heterocycles. The zero-order valence-electron chi connectivity index (χ0n) is 11.7. The molecule has 0 saturated carbocycles. The largest absolute Gasteiger partial charge is 0.404 e. The minimum Gasteiger partial charge on any atom is -0.368 e. The van der Waals surface area contributed by atoms with Gasteiger partial charge in [0.1, 0.15) is 6.04 Å². The van der Waals surface area contributed by atoms with Gasteiger partial charge >= 0.3 is 6.18 Å². The number of hydrogen-bond acceptors (Lipinski definition) is 5. The molecule has 0 amide bonds. The summed E-state index contributed by atoms with van der Waals surface area (Å²) in [6, 6.07) is -2.28. The van der Waals surface area contributed by atoms with Crippen molar-refractivity contribution < 1.29 is 23.0 Å². The molecule has 0 aliphatic carbocycles. The van der Waals surface area contributed by atoms with Crippen LogP contribution in [0.25, 0.3) is 0 Å². The van der Waals surface area contributed by atoms with Crippen molar-refractivity contribution in [3.8, 4) is 0 Å². The first kappa shape index (κ1) is 18.6. The van der Waals surface area contributed by atoms with Crippen LogP contribution in [0, 0.1) is 5.92 Å². The Morgan fingerprint density at radius 2 is 1.68 bits per heavy atom. The first-order chi connectivity index (χ1) is 8.40. The van der Waals surface area contributed by atoms with Gasteiger partial charge in [-0.3, -0.25) is 5.32 Å². The number of aliphatic hydroxyl groups excluding tert-OH is 1. The van der Waals surface area contributed by atoms with E-state index in [0.29, 0.717) is 0 Å². The highest BCUT2D eigenvalue weighted by atomic mass is 19.4. The number of ether oxygens (including phenoxy) is 1. The Labute approximate surface area is 111 Å². The van der Waals surface area contributed by atoms with E-state index in [1.165, 1.54) is 0 Å². The Balaban J connectivity index is 5.06. The number of aliphatic hydroxyl groups is 1. The van der Waals surface area contributed by atoms with Crippen molar-refractivity contribution in [1.29, 1.82) is 0 Å². The van der Waals surface area contributed by atoms with E-state index in [9.17, 15) is 18.3 Å². The van der Waals surface area contributed by atoms with E-state index in [1.807, 2.05) is 0 Å². The van der Waals surface area contributed by atoms with Crippen LogP contribution in [0.15, 0.2) is 0 Å². The number of nitrogens with one attached hydrogen (secondary N) is 1. The fraction of sp³-hybridized carbons (Fsp3) is 1.00. The average molecular weight is 287 g/mol. The molecule has 0 radical (unpaired) electrons. The van der Waals surface area contributed by atoms with Gasteiger partial charge in [-0.2, -0.15) is 13.2 Å². The summed E-state index contributed by atoms with van der Waals surface area (Å²) in [7, 11) is 0. The number of halogens is 3. The lowest BCUT2D eigenvalue weighted by molar-refractivity contribution is -0.207. The van der Waals surface area contributed by atoms with E-state index in [-0.39, 0.29) is 6.61 Å². The minimum absolute atomic E-state index is 0.0600. The lowest BCUT2D eigenvalue weighted by Gasteiger charge is -2.37. The standard InChI is InChI=1S/C11H24F3N3O2/c1-5-19-9(18)6(7(15)11(12,13)14)8(16)17-10(2,3)4/h6-9,17-18H,5,15-16H2,1-4H3. The van der Waals surface area contributed by atoms with Crippen molar-refractivity contribution in [2.45, 2.75) is 57.9 Å². The molecule has 0 heterocycles. The van der Waals surface area contributed by atoms with E-state index in [4.69, 9.17) is 16.2 Å². The van der Waals surface area contributed by atoms with E-state index >= 15 is 0 Å². The van der Waals surface area contributed by atoms with Gasteiger partial charge in [0, 0.05) is 12.1 Å². The summed E-state index contributed by atoms with van der Waals surface area (Å²) in [6.45, 7) is 6.86. The molecule has 4 unspecified atom stereocenters. The van der Waals surface area contributed by atoms with Gasteiger partial charge in [0.2, 0.25) is 0 Å². The molecule has 19 heavy (non-hydrogen) atoms. The molecule has 0 bridgehead atoms. The predicted octanol–water partition coefficient (Wildman–Crippen LogP) is 0.520. The van der Waals surface area contributed by atoms with Gasteiger partial charge < -0.3 is 21.3 Å². The van der Waals surface area contributed by atoms with Gasteiger partial charge in [-0.15, -0.1) is 0 Å². The zero-order valence-corrected chi connectivity index (χ0v) is 11.7. The van der Waals surface area contributed by atoms with E-state index in [1.54, 1.807) is 27.7 Å². The third-order valence-corrected chi connectivity index (χ3v) is 2.47. The molecule has 0 aromatic heterocycles. The Morgan fingerprint density at radius 3 is 2.00 bits per heavy atom. The maximum atomic E-state index is 12.7. The van der Waals surface area contributed by atoms with Gasteiger partial charge in [-0.05, 0) is 27.7 Å². The lowest BCUT2D eigenvalue weighted by Crippen LogP contribution is -2.63. The molecule has 0 aromatic carbocycles. The van der Waals surface area contributed by atoms with E-state index in [2.05, 4.69) is 5.32 Å². The molecule has 0 aromatic rings. The Bertz CT molecular complexity index is 269. The molecule has 6 N–H and O–H groups in total. The van der Waals surface area contributed by atoms with Crippen LogP contribution in [0.1, 0.15) is 27.7 Å². The molecule has 0 fully saturated rings. The van der Waals surface area contributed by atoms with E-state index in [0.717, 1.165) is 0 Å². The van der Waals surface area contributed by atoms with Crippen LogP contribution in [0.4, 0.5) is 13.2 Å². The second kappa shape index (κ2) is 6.85. The molecule has 8 heteroatoms.